The van der Waals surface area contributed by atoms with Crippen LogP contribution in [0.25, 0.3) is 16.8 Å². The summed E-state index contributed by atoms with van der Waals surface area (Å²) >= 11 is 0. The molecule has 7 heteroatoms. The molecule has 0 saturated heterocycles. The standard InChI is InChI=1S/C8H9N7/c1-4(9)7-13-14-8-5-6(11-2-10-5)12-3-15(7)8/h2-4H,9H2,1H3,(H,10,11). The molecule has 0 radical (unpaired) electrons. The number of imidazole rings is 1. The predicted molar refractivity (Wildman–Crippen MR) is 53.0 cm³/mol. The first-order valence-electron chi connectivity index (χ1n) is 4.55. The van der Waals surface area contributed by atoms with Gasteiger partial charge in [-0.3, -0.25) is 4.40 Å². The monoisotopic (exact) mass is 203 g/mol. The first-order chi connectivity index (χ1) is 7.27. The molecule has 1 unspecified atom stereocenters. The van der Waals surface area contributed by atoms with Crippen molar-refractivity contribution in [2.24, 2.45) is 5.73 Å². The Balaban J connectivity index is 2.46. The van der Waals surface area contributed by atoms with E-state index in [2.05, 4.69) is 25.1 Å². The highest BCUT2D eigenvalue weighted by Gasteiger charge is 2.13. The van der Waals surface area contributed by atoms with E-state index in [1.165, 1.54) is 0 Å². The zero-order chi connectivity index (χ0) is 10.4. The van der Waals surface area contributed by atoms with E-state index in [9.17, 15) is 0 Å². The van der Waals surface area contributed by atoms with Gasteiger partial charge in [0.25, 0.3) is 0 Å². The van der Waals surface area contributed by atoms with Crippen LogP contribution in [-0.2, 0) is 0 Å². The summed E-state index contributed by atoms with van der Waals surface area (Å²) in [6.45, 7) is 1.85. The molecule has 3 heterocycles. The fourth-order valence-electron chi connectivity index (χ4n) is 1.56. The van der Waals surface area contributed by atoms with E-state index in [4.69, 9.17) is 5.73 Å². The minimum Gasteiger partial charge on any atom is -0.340 e. The second-order valence-electron chi connectivity index (χ2n) is 3.39. The predicted octanol–water partition coefficient (Wildman–Crippen LogP) is 0.0203. The summed E-state index contributed by atoms with van der Waals surface area (Å²) in [7, 11) is 0. The van der Waals surface area contributed by atoms with E-state index in [0.717, 1.165) is 5.52 Å². The molecule has 0 spiro atoms. The Morgan fingerprint density at radius 2 is 2.27 bits per heavy atom. The molecule has 0 bridgehead atoms. The van der Waals surface area contributed by atoms with Crippen molar-refractivity contribution in [3.63, 3.8) is 0 Å². The topological polar surface area (TPSA) is 97.8 Å². The Morgan fingerprint density at radius 3 is 3.07 bits per heavy atom. The molecule has 3 aromatic rings. The summed E-state index contributed by atoms with van der Waals surface area (Å²) < 4.78 is 1.77. The lowest BCUT2D eigenvalue weighted by molar-refractivity contribution is 0.723. The van der Waals surface area contributed by atoms with Gasteiger partial charge in [0.1, 0.15) is 11.8 Å². The van der Waals surface area contributed by atoms with Crippen LogP contribution in [0, 0.1) is 0 Å². The highest BCUT2D eigenvalue weighted by molar-refractivity contribution is 5.84. The average molecular weight is 203 g/mol. The highest BCUT2D eigenvalue weighted by atomic mass is 15.3. The third-order valence-corrected chi connectivity index (χ3v) is 2.27. The molecule has 3 N–H and O–H groups in total. The second kappa shape index (κ2) is 2.74. The normalized spacial score (nSPS) is 13.7. The first-order valence-corrected chi connectivity index (χ1v) is 4.55. The minimum atomic E-state index is -0.179. The summed E-state index contributed by atoms with van der Waals surface area (Å²) in [6.07, 6.45) is 3.22. The van der Waals surface area contributed by atoms with Gasteiger partial charge in [-0.15, -0.1) is 10.2 Å². The van der Waals surface area contributed by atoms with E-state index in [1.807, 2.05) is 6.92 Å². The number of nitrogens with one attached hydrogen (secondary N) is 1. The summed E-state index contributed by atoms with van der Waals surface area (Å²) in [4.78, 5) is 11.2. The van der Waals surface area contributed by atoms with Crippen molar-refractivity contribution in [1.29, 1.82) is 0 Å². The number of nitrogens with two attached hydrogens (primary N) is 1. The third-order valence-electron chi connectivity index (χ3n) is 2.27. The number of fused-ring (bicyclic) bond motifs is 3. The molecular weight excluding hydrogens is 194 g/mol. The van der Waals surface area contributed by atoms with Crippen LogP contribution < -0.4 is 5.73 Å². The molecule has 3 aromatic heterocycles. The maximum atomic E-state index is 5.77. The van der Waals surface area contributed by atoms with Gasteiger partial charge in [0.2, 0.25) is 0 Å². The van der Waals surface area contributed by atoms with Crippen molar-refractivity contribution in [1.82, 2.24) is 29.5 Å². The van der Waals surface area contributed by atoms with Crippen molar-refractivity contribution in [2.75, 3.05) is 0 Å². The van der Waals surface area contributed by atoms with Gasteiger partial charge >= 0.3 is 0 Å². The third kappa shape index (κ3) is 1.03. The van der Waals surface area contributed by atoms with Crippen LogP contribution in [0.2, 0.25) is 0 Å². The molecular formula is C8H9N7. The van der Waals surface area contributed by atoms with E-state index in [1.54, 1.807) is 17.1 Å². The number of hydrogen-bond acceptors (Lipinski definition) is 5. The number of hydrogen-bond donors (Lipinski definition) is 2. The second-order valence-corrected chi connectivity index (χ2v) is 3.39. The van der Waals surface area contributed by atoms with Crippen molar-refractivity contribution in [3.05, 3.63) is 18.5 Å². The minimum absolute atomic E-state index is 0.179. The van der Waals surface area contributed by atoms with E-state index in [-0.39, 0.29) is 6.04 Å². The summed E-state index contributed by atoms with van der Waals surface area (Å²) in [6, 6.07) is -0.179. The van der Waals surface area contributed by atoms with Crippen LogP contribution in [0.5, 0.6) is 0 Å². The molecule has 7 nitrogen and oxygen atoms in total. The van der Waals surface area contributed by atoms with Gasteiger partial charge in [-0.2, -0.15) is 0 Å². The number of aromatic amines is 1. The van der Waals surface area contributed by atoms with Crippen LogP contribution in [0.15, 0.2) is 12.7 Å². The zero-order valence-electron chi connectivity index (χ0n) is 8.05. The molecule has 0 amide bonds. The molecule has 0 aromatic carbocycles. The molecule has 0 fully saturated rings. The number of nitrogens with zero attached hydrogens (tertiary/aromatic N) is 5. The molecule has 0 aliphatic carbocycles. The summed E-state index contributed by atoms with van der Waals surface area (Å²) in [5.41, 5.74) is 7.87. The van der Waals surface area contributed by atoms with Gasteiger partial charge in [0.15, 0.2) is 17.1 Å². The lowest BCUT2D eigenvalue weighted by Gasteiger charge is -2.01. The van der Waals surface area contributed by atoms with Gasteiger partial charge in [-0.25, -0.2) is 9.97 Å². The van der Waals surface area contributed by atoms with Crippen LogP contribution in [-0.4, -0.2) is 29.5 Å². The molecule has 0 aliphatic rings. The van der Waals surface area contributed by atoms with Gasteiger partial charge in [0, 0.05) is 0 Å². The van der Waals surface area contributed by atoms with Crippen LogP contribution in [0.4, 0.5) is 0 Å². The smallest absolute Gasteiger partial charge is 0.189 e. The molecule has 76 valence electrons. The molecule has 15 heavy (non-hydrogen) atoms. The number of aromatic nitrogens is 6. The SMILES string of the molecule is CC(N)c1nnc2c3[nH]cnc3ncn12. The Labute approximate surface area is 84.4 Å². The van der Waals surface area contributed by atoms with Crippen LogP contribution in [0.1, 0.15) is 18.8 Å². The van der Waals surface area contributed by atoms with E-state index >= 15 is 0 Å². The van der Waals surface area contributed by atoms with Gasteiger partial charge in [-0.1, -0.05) is 0 Å². The maximum Gasteiger partial charge on any atom is 0.189 e. The van der Waals surface area contributed by atoms with Crippen molar-refractivity contribution >= 4 is 16.8 Å². The van der Waals surface area contributed by atoms with Gasteiger partial charge in [0.05, 0.1) is 12.4 Å². The Kier molecular flexibility index (Phi) is 1.51. The Bertz CT molecular complexity index is 620. The zero-order valence-corrected chi connectivity index (χ0v) is 8.05. The Morgan fingerprint density at radius 1 is 1.40 bits per heavy atom. The quantitative estimate of drug-likeness (QED) is 0.581. The largest absolute Gasteiger partial charge is 0.340 e. The lowest BCUT2D eigenvalue weighted by atomic mass is 10.3. The fraction of sp³-hybridized carbons (Fsp3) is 0.250. The fourth-order valence-corrected chi connectivity index (χ4v) is 1.56. The highest BCUT2D eigenvalue weighted by Crippen LogP contribution is 2.15. The summed E-state index contributed by atoms with van der Waals surface area (Å²) in [5, 5.41) is 8.09. The van der Waals surface area contributed by atoms with E-state index in [0.29, 0.717) is 17.1 Å². The molecule has 0 saturated carbocycles. The molecule has 1 atom stereocenters. The van der Waals surface area contributed by atoms with E-state index < -0.39 is 0 Å². The van der Waals surface area contributed by atoms with Crippen LogP contribution >= 0.6 is 0 Å². The van der Waals surface area contributed by atoms with Crippen molar-refractivity contribution < 1.29 is 0 Å². The first kappa shape index (κ1) is 8.30. The molecule has 3 rings (SSSR count). The number of rotatable bonds is 1. The lowest BCUT2D eigenvalue weighted by Crippen LogP contribution is -2.09. The Hall–Kier alpha value is -2.02. The average Bonchev–Trinajstić information content (AvgIpc) is 2.82. The van der Waals surface area contributed by atoms with Crippen LogP contribution in [0.3, 0.4) is 0 Å². The van der Waals surface area contributed by atoms with Gasteiger partial charge < -0.3 is 10.7 Å². The number of H-pyrrole nitrogens is 1. The van der Waals surface area contributed by atoms with Crippen molar-refractivity contribution in [3.8, 4) is 0 Å². The van der Waals surface area contributed by atoms with Crippen molar-refractivity contribution in [2.45, 2.75) is 13.0 Å². The maximum absolute atomic E-state index is 5.77. The van der Waals surface area contributed by atoms with Gasteiger partial charge in [-0.05, 0) is 6.92 Å². The summed E-state index contributed by atoms with van der Waals surface area (Å²) in [5.74, 6) is 0.689. The molecule has 0 aliphatic heterocycles.